The second-order valence-corrected chi connectivity index (χ2v) is 4.72. The van der Waals surface area contributed by atoms with E-state index in [4.69, 9.17) is 11.5 Å². The molecule has 0 saturated heterocycles. The van der Waals surface area contributed by atoms with Gasteiger partial charge in [-0.2, -0.15) is 0 Å². The van der Waals surface area contributed by atoms with E-state index in [1.54, 1.807) is 13.0 Å². The van der Waals surface area contributed by atoms with Gasteiger partial charge in [0.05, 0.1) is 0 Å². The van der Waals surface area contributed by atoms with Crippen LogP contribution < -0.4 is 11.5 Å². The summed E-state index contributed by atoms with van der Waals surface area (Å²) in [5, 5.41) is 0. The van der Waals surface area contributed by atoms with Crippen molar-refractivity contribution in [2.75, 3.05) is 0 Å². The minimum absolute atomic E-state index is 0. The van der Waals surface area contributed by atoms with Gasteiger partial charge in [0.15, 0.2) is 0 Å². The van der Waals surface area contributed by atoms with E-state index in [1.165, 1.54) is 0 Å². The number of halogens is 1. The minimum Gasteiger partial charge on any atom is -0.366 e. The standard InChI is InChI=1S/C10H20N2O.ClH/c1-7(8(11)13)6-10(5,12)9(2,3)4;/h6H,12H2,1-5H3,(H2,11,13);1H. The number of carbonyl (C=O) groups excluding carboxylic acids is 1. The van der Waals surface area contributed by atoms with Crippen LogP contribution in [0.15, 0.2) is 11.6 Å². The summed E-state index contributed by atoms with van der Waals surface area (Å²) in [6, 6.07) is 0. The van der Waals surface area contributed by atoms with Gasteiger partial charge < -0.3 is 11.5 Å². The number of hydrogen-bond donors (Lipinski definition) is 2. The molecule has 1 atom stereocenters. The molecule has 14 heavy (non-hydrogen) atoms. The Labute approximate surface area is 92.3 Å². The second-order valence-electron chi connectivity index (χ2n) is 4.72. The molecule has 0 radical (unpaired) electrons. The largest absolute Gasteiger partial charge is 0.366 e. The molecule has 0 bridgehead atoms. The maximum absolute atomic E-state index is 10.8. The quantitative estimate of drug-likeness (QED) is 0.695. The molecule has 4 heteroatoms. The topological polar surface area (TPSA) is 69.1 Å². The van der Waals surface area contributed by atoms with Gasteiger partial charge in [-0.25, -0.2) is 0 Å². The Balaban J connectivity index is 0. The summed E-state index contributed by atoms with van der Waals surface area (Å²) in [7, 11) is 0. The number of amides is 1. The predicted molar refractivity (Wildman–Crippen MR) is 62.2 cm³/mol. The normalized spacial score (nSPS) is 16.9. The number of carbonyl (C=O) groups is 1. The molecule has 4 N–H and O–H groups in total. The zero-order chi connectivity index (χ0) is 10.9. The van der Waals surface area contributed by atoms with Crippen LogP contribution in [-0.4, -0.2) is 11.4 Å². The van der Waals surface area contributed by atoms with Crippen LogP contribution in [-0.2, 0) is 4.79 Å². The lowest BCUT2D eigenvalue weighted by atomic mass is 9.75. The highest BCUT2D eigenvalue weighted by Crippen LogP contribution is 2.29. The average molecular weight is 221 g/mol. The highest BCUT2D eigenvalue weighted by Gasteiger charge is 2.31. The molecule has 0 fully saturated rings. The summed E-state index contributed by atoms with van der Waals surface area (Å²) >= 11 is 0. The van der Waals surface area contributed by atoms with Crippen molar-refractivity contribution in [1.82, 2.24) is 0 Å². The molecule has 0 aromatic carbocycles. The molecule has 0 aliphatic heterocycles. The first kappa shape index (κ1) is 15.9. The van der Waals surface area contributed by atoms with E-state index in [9.17, 15) is 4.79 Å². The summed E-state index contributed by atoms with van der Waals surface area (Å²) < 4.78 is 0. The Morgan fingerprint density at radius 1 is 1.21 bits per heavy atom. The van der Waals surface area contributed by atoms with Crippen LogP contribution in [0.4, 0.5) is 0 Å². The lowest BCUT2D eigenvalue weighted by Crippen LogP contribution is -2.47. The lowest BCUT2D eigenvalue weighted by Gasteiger charge is -2.36. The van der Waals surface area contributed by atoms with Crippen LogP contribution >= 0.6 is 12.4 Å². The van der Waals surface area contributed by atoms with E-state index < -0.39 is 11.4 Å². The van der Waals surface area contributed by atoms with Gasteiger partial charge >= 0.3 is 0 Å². The third kappa shape index (κ3) is 4.11. The van der Waals surface area contributed by atoms with Crippen LogP contribution in [0, 0.1) is 5.41 Å². The van der Waals surface area contributed by atoms with E-state index in [-0.39, 0.29) is 17.8 Å². The molecular weight excluding hydrogens is 200 g/mol. The summed E-state index contributed by atoms with van der Waals surface area (Å²) in [5.41, 5.74) is 11.1. The molecule has 0 rings (SSSR count). The van der Waals surface area contributed by atoms with Crippen molar-refractivity contribution in [2.24, 2.45) is 16.9 Å². The monoisotopic (exact) mass is 220 g/mol. The Bertz CT molecular complexity index is 239. The van der Waals surface area contributed by atoms with Gasteiger partial charge in [-0.3, -0.25) is 4.79 Å². The van der Waals surface area contributed by atoms with E-state index in [2.05, 4.69) is 0 Å². The SMILES string of the molecule is CC(=CC(C)(N)C(C)(C)C)C(N)=O.Cl. The molecule has 0 saturated carbocycles. The first-order valence-corrected chi connectivity index (χ1v) is 4.36. The Kier molecular flexibility index (Phi) is 5.46. The molecule has 1 amide bonds. The number of hydrogen-bond acceptors (Lipinski definition) is 2. The summed E-state index contributed by atoms with van der Waals surface area (Å²) in [6.45, 7) is 9.64. The number of nitrogens with two attached hydrogens (primary N) is 2. The fourth-order valence-corrected chi connectivity index (χ4v) is 0.737. The first-order chi connectivity index (χ1) is 5.58. The molecule has 84 valence electrons. The van der Waals surface area contributed by atoms with Crippen LogP contribution in [0.2, 0.25) is 0 Å². The van der Waals surface area contributed by atoms with Crippen molar-refractivity contribution in [1.29, 1.82) is 0 Å². The summed E-state index contributed by atoms with van der Waals surface area (Å²) in [5.74, 6) is -0.416. The highest BCUT2D eigenvalue weighted by atomic mass is 35.5. The molecule has 0 spiro atoms. The Hall–Kier alpha value is -0.540. The van der Waals surface area contributed by atoms with E-state index in [0.29, 0.717) is 5.57 Å². The molecule has 0 aliphatic rings. The van der Waals surface area contributed by atoms with Gasteiger partial charge in [-0.05, 0) is 19.3 Å². The fourth-order valence-electron chi connectivity index (χ4n) is 0.737. The van der Waals surface area contributed by atoms with Crippen molar-refractivity contribution < 1.29 is 4.79 Å². The maximum Gasteiger partial charge on any atom is 0.244 e. The van der Waals surface area contributed by atoms with E-state index in [1.807, 2.05) is 27.7 Å². The van der Waals surface area contributed by atoms with Gasteiger partial charge in [0, 0.05) is 11.1 Å². The summed E-state index contributed by atoms with van der Waals surface area (Å²) in [4.78, 5) is 10.8. The third-order valence-electron chi connectivity index (χ3n) is 2.52. The van der Waals surface area contributed by atoms with E-state index >= 15 is 0 Å². The molecule has 0 aromatic heterocycles. The molecular formula is C10H21ClN2O. The molecule has 0 aromatic rings. The molecule has 0 heterocycles. The third-order valence-corrected chi connectivity index (χ3v) is 2.52. The molecule has 0 aliphatic carbocycles. The van der Waals surface area contributed by atoms with Crippen LogP contribution in [0.5, 0.6) is 0 Å². The zero-order valence-corrected chi connectivity index (χ0v) is 10.4. The average Bonchev–Trinajstić information content (AvgIpc) is 1.83. The first-order valence-electron chi connectivity index (χ1n) is 4.36. The van der Waals surface area contributed by atoms with Gasteiger partial charge in [-0.15, -0.1) is 12.4 Å². The van der Waals surface area contributed by atoms with Crippen molar-refractivity contribution in [3.63, 3.8) is 0 Å². The van der Waals surface area contributed by atoms with Crippen molar-refractivity contribution in [3.8, 4) is 0 Å². The maximum atomic E-state index is 10.8. The predicted octanol–water partition coefficient (Wildman–Crippen LogP) is 1.60. The smallest absolute Gasteiger partial charge is 0.244 e. The van der Waals surface area contributed by atoms with Gasteiger partial charge in [0.1, 0.15) is 0 Å². The van der Waals surface area contributed by atoms with Crippen LogP contribution in [0.25, 0.3) is 0 Å². The van der Waals surface area contributed by atoms with Crippen LogP contribution in [0.1, 0.15) is 34.6 Å². The van der Waals surface area contributed by atoms with Gasteiger partial charge in [0.25, 0.3) is 0 Å². The minimum atomic E-state index is -0.522. The van der Waals surface area contributed by atoms with Crippen molar-refractivity contribution in [3.05, 3.63) is 11.6 Å². The van der Waals surface area contributed by atoms with Crippen LogP contribution in [0.3, 0.4) is 0 Å². The Morgan fingerprint density at radius 2 is 1.57 bits per heavy atom. The second kappa shape index (κ2) is 4.80. The highest BCUT2D eigenvalue weighted by molar-refractivity contribution is 5.91. The van der Waals surface area contributed by atoms with Crippen molar-refractivity contribution in [2.45, 2.75) is 40.2 Å². The molecule has 1 unspecified atom stereocenters. The van der Waals surface area contributed by atoms with Gasteiger partial charge in [0.2, 0.25) is 5.91 Å². The fraction of sp³-hybridized carbons (Fsp3) is 0.700. The lowest BCUT2D eigenvalue weighted by molar-refractivity contribution is -0.114. The Morgan fingerprint density at radius 3 is 1.79 bits per heavy atom. The number of primary amides is 1. The van der Waals surface area contributed by atoms with Gasteiger partial charge in [-0.1, -0.05) is 26.8 Å². The zero-order valence-electron chi connectivity index (χ0n) is 9.55. The van der Waals surface area contributed by atoms with Crippen molar-refractivity contribution >= 4 is 18.3 Å². The molecule has 3 nitrogen and oxygen atoms in total. The number of rotatable bonds is 2. The van der Waals surface area contributed by atoms with E-state index in [0.717, 1.165) is 0 Å². The summed E-state index contributed by atoms with van der Waals surface area (Å²) in [6.07, 6.45) is 1.73.